The molecule has 3 aromatic rings. The number of nitrogens with zero attached hydrogens (tertiary/aromatic N) is 1. The first-order valence-electron chi connectivity index (χ1n) is 10.8. The van der Waals surface area contributed by atoms with Crippen molar-refractivity contribution < 1.29 is 13.2 Å². The van der Waals surface area contributed by atoms with E-state index < -0.39 is 15.9 Å². The van der Waals surface area contributed by atoms with Crippen molar-refractivity contribution in [2.24, 2.45) is 0 Å². The molecule has 0 heterocycles. The number of hydrogen-bond acceptors (Lipinski definition) is 3. The summed E-state index contributed by atoms with van der Waals surface area (Å²) in [6.07, 6.45) is 0. The maximum atomic E-state index is 13.4. The summed E-state index contributed by atoms with van der Waals surface area (Å²) in [4.78, 5) is 13.1. The van der Waals surface area contributed by atoms with Gasteiger partial charge >= 0.3 is 0 Å². The molecule has 180 valence electrons. The summed E-state index contributed by atoms with van der Waals surface area (Å²) in [6, 6.07) is 16.7. The average Bonchev–Trinajstić information content (AvgIpc) is 2.76. The molecule has 1 unspecified atom stereocenters. The molecule has 0 aliphatic rings. The number of amides is 1. The summed E-state index contributed by atoms with van der Waals surface area (Å²) in [5.74, 6) is -0.398. The summed E-state index contributed by atoms with van der Waals surface area (Å²) < 4.78 is 28.0. The van der Waals surface area contributed by atoms with Gasteiger partial charge in [-0.05, 0) is 91.9 Å². The maximum absolute atomic E-state index is 13.4. The van der Waals surface area contributed by atoms with Gasteiger partial charge in [-0.25, -0.2) is 8.42 Å². The van der Waals surface area contributed by atoms with Crippen LogP contribution in [0.5, 0.6) is 0 Å². The molecular weight excluding hydrogens is 491 g/mol. The van der Waals surface area contributed by atoms with Crippen molar-refractivity contribution in [1.29, 1.82) is 0 Å². The highest BCUT2D eigenvalue weighted by atomic mass is 35.5. The van der Waals surface area contributed by atoms with Crippen LogP contribution in [0.15, 0.2) is 65.6 Å². The Morgan fingerprint density at radius 3 is 2.21 bits per heavy atom. The van der Waals surface area contributed by atoms with Gasteiger partial charge in [0.25, 0.3) is 0 Å². The van der Waals surface area contributed by atoms with E-state index in [2.05, 4.69) is 17.4 Å². The van der Waals surface area contributed by atoms with Gasteiger partial charge in [-0.2, -0.15) is 4.31 Å². The Balaban J connectivity index is 1.86. The second-order valence-corrected chi connectivity index (χ2v) is 11.3. The molecule has 0 saturated heterocycles. The quantitative estimate of drug-likeness (QED) is 0.398. The fourth-order valence-electron chi connectivity index (χ4n) is 3.79. The highest BCUT2D eigenvalue weighted by molar-refractivity contribution is 7.89. The third-order valence-corrected chi connectivity index (χ3v) is 8.04. The normalized spacial score (nSPS) is 12.6. The molecule has 34 heavy (non-hydrogen) atoms. The van der Waals surface area contributed by atoms with Gasteiger partial charge in [0.2, 0.25) is 15.9 Å². The summed E-state index contributed by atoms with van der Waals surface area (Å²) in [7, 11) is -3.97. The number of sulfonamides is 1. The molecule has 0 aliphatic carbocycles. The molecule has 0 spiro atoms. The first-order valence-corrected chi connectivity index (χ1v) is 13.0. The molecule has 0 bridgehead atoms. The number of benzene rings is 3. The van der Waals surface area contributed by atoms with Crippen molar-refractivity contribution in [3.8, 4) is 0 Å². The van der Waals surface area contributed by atoms with Crippen LogP contribution in [-0.2, 0) is 21.4 Å². The molecule has 1 amide bonds. The highest BCUT2D eigenvalue weighted by Crippen LogP contribution is 2.24. The summed E-state index contributed by atoms with van der Waals surface area (Å²) >= 11 is 12.0. The second kappa shape index (κ2) is 10.9. The van der Waals surface area contributed by atoms with Crippen LogP contribution in [-0.4, -0.2) is 25.2 Å². The molecule has 0 radical (unpaired) electrons. The van der Waals surface area contributed by atoms with E-state index in [0.29, 0.717) is 15.6 Å². The average molecular weight is 519 g/mol. The topological polar surface area (TPSA) is 66.5 Å². The lowest BCUT2D eigenvalue weighted by Crippen LogP contribution is -2.41. The molecule has 0 fully saturated rings. The monoisotopic (exact) mass is 518 g/mol. The Morgan fingerprint density at radius 2 is 1.56 bits per heavy atom. The molecule has 8 heteroatoms. The first kappa shape index (κ1) is 26.2. The fourth-order valence-corrected chi connectivity index (χ4v) is 5.52. The van der Waals surface area contributed by atoms with Crippen LogP contribution in [0.25, 0.3) is 0 Å². The number of aryl methyl sites for hydroxylation is 3. The van der Waals surface area contributed by atoms with Crippen LogP contribution in [0, 0.1) is 20.8 Å². The van der Waals surface area contributed by atoms with Crippen molar-refractivity contribution in [1.82, 2.24) is 9.62 Å². The van der Waals surface area contributed by atoms with Crippen molar-refractivity contribution >= 4 is 39.1 Å². The van der Waals surface area contributed by atoms with Crippen molar-refractivity contribution in [2.45, 2.75) is 45.2 Å². The van der Waals surface area contributed by atoms with Gasteiger partial charge in [-0.1, -0.05) is 47.5 Å². The van der Waals surface area contributed by atoms with E-state index in [9.17, 15) is 13.2 Å². The van der Waals surface area contributed by atoms with Gasteiger partial charge in [0.05, 0.1) is 17.5 Å². The number of carbonyl (C=O) groups excluding carboxylic acids is 1. The molecule has 1 atom stereocenters. The number of halogens is 2. The molecule has 5 nitrogen and oxygen atoms in total. The van der Waals surface area contributed by atoms with Gasteiger partial charge in [-0.3, -0.25) is 4.79 Å². The molecule has 3 aromatic carbocycles. The Bertz CT molecular complexity index is 1290. The molecule has 0 aliphatic heterocycles. The van der Waals surface area contributed by atoms with Crippen molar-refractivity contribution in [2.75, 3.05) is 6.54 Å². The zero-order valence-corrected chi connectivity index (χ0v) is 21.9. The van der Waals surface area contributed by atoms with Crippen LogP contribution >= 0.6 is 23.2 Å². The van der Waals surface area contributed by atoms with Crippen molar-refractivity contribution in [3.05, 3.63) is 98.5 Å². The van der Waals surface area contributed by atoms with Crippen molar-refractivity contribution in [3.63, 3.8) is 0 Å². The number of nitrogens with one attached hydrogen (secondary N) is 1. The van der Waals surface area contributed by atoms with Gasteiger partial charge in [-0.15, -0.1) is 0 Å². The maximum Gasteiger partial charge on any atom is 0.243 e. The van der Waals surface area contributed by atoms with Gasteiger partial charge in [0.1, 0.15) is 0 Å². The predicted molar refractivity (Wildman–Crippen MR) is 138 cm³/mol. The lowest BCUT2D eigenvalue weighted by molar-refractivity contribution is -0.122. The molecule has 0 aromatic heterocycles. The van der Waals surface area contributed by atoms with Crippen LogP contribution in [0.2, 0.25) is 10.0 Å². The van der Waals surface area contributed by atoms with E-state index in [1.807, 2.05) is 27.7 Å². The number of rotatable bonds is 8. The van der Waals surface area contributed by atoms with Crippen LogP contribution < -0.4 is 5.32 Å². The first-order chi connectivity index (χ1) is 16.0. The van der Waals surface area contributed by atoms with Gasteiger partial charge in [0.15, 0.2) is 0 Å². The second-order valence-electron chi connectivity index (χ2n) is 8.44. The molecule has 0 saturated carbocycles. The van der Waals surface area contributed by atoms with E-state index in [1.165, 1.54) is 29.8 Å². The summed E-state index contributed by atoms with van der Waals surface area (Å²) in [5, 5.41) is 3.87. The van der Waals surface area contributed by atoms with E-state index in [4.69, 9.17) is 23.2 Å². The lowest BCUT2D eigenvalue weighted by atomic mass is 9.96. The standard InChI is InChI=1S/C26H28Cl2N2O3S/c1-17-12-19(3)25(13-18(17)2)20(4)29-26(31)16-30(15-21-6-5-7-23(28)14-21)34(32,33)24-10-8-22(27)9-11-24/h5-14,20H,15-16H2,1-4H3,(H,29,31). The van der Waals surface area contributed by atoms with E-state index >= 15 is 0 Å². The van der Waals surface area contributed by atoms with E-state index in [-0.39, 0.29) is 24.0 Å². The summed E-state index contributed by atoms with van der Waals surface area (Å²) in [6.45, 7) is 7.62. The fraction of sp³-hybridized carbons (Fsp3) is 0.269. The van der Waals surface area contributed by atoms with Crippen LogP contribution in [0.4, 0.5) is 0 Å². The SMILES string of the molecule is Cc1cc(C)c(C(C)NC(=O)CN(Cc2cccc(Cl)c2)S(=O)(=O)c2ccc(Cl)cc2)cc1C. The lowest BCUT2D eigenvalue weighted by Gasteiger charge is -2.24. The third-order valence-electron chi connectivity index (χ3n) is 5.75. The molecule has 1 N–H and O–H groups in total. The highest BCUT2D eigenvalue weighted by Gasteiger charge is 2.28. The zero-order chi connectivity index (χ0) is 25.0. The third kappa shape index (κ3) is 6.39. The Hall–Kier alpha value is -2.38. The minimum atomic E-state index is -3.97. The largest absolute Gasteiger partial charge is 0.348 e. The minimum absolute atomic E-state index is 0.00398. The summed E-state index contributed by atoms with van der Waals surface area (Å²) in [5.41, 5.74) is 5.06. The number of hydrogen-bond donors (Lipinski definition) is 1. The van der Waals surface area contributed by atoms with E-state index in [0.717, 1.165) is 21.0 Å². The van der Waals surface area contributed by atoms with Gasteiger partial charge in [0, 0.05) is 16.6 Å². The van der Waals surface area contributed by atoms with Crippen LogP contribution in [0.1, 0.15) is 40.8 Å². The molecular formula is C26H28Cl2N2O3S. The number of carbonyl (C=O) groups is 1. The van der Waals surface area contributed by atoms with Crippen LogP contribution in [0.3, 0.4) is 0 Å². The smallest absolute Gasteiger partial charge is 0.243 e. The van der Waals surface area contributed by atoms with E-state index in [1.54, 1.807) is 24.3 Å². The molecule has 3 rings (SSSR count). The zero-order valence-electron chi connectivity index (χ0n) is 19.6. The Labute approximate surface area is 211 Å². The minimum Gasteiger partial charge on any atom is -0.348 e. The van der Waals surface area contributed by atoms with Gasteiger partial charge < -0.3 is 5.32 Å². The Kier molecular flexibility index (Phi) is 8.42. The Morgan fingerprint density at radius 1 is 0.912 bits per heavy atom. The predicted octanol–water partition coefficient (Wildman–Crippen LogP) is 5.99.